The Balaban J connectivity index is 1.49. The van der Waals surface area contributed by atoms with E-state index >= 15 is 0 Å². The lowest BCUT2D eigenvalue weighted by atomic mass is 10.1. The number of carbonyl (C=O) groups is 2. The standard InChI is InChI=1S/C22H26N6O2/c1-4-26(2)22(30)17-13-23-27(3)20(17)21(29)24-16-10-11-28-14-18(25-19(28)12-16)15-8-6-5-7-9-15/h5-9,13-14,16H,4,10-12H2,1-3H3,(H,24,29)/t16-/m1/s1. The summed E-state index contributed by atoms with van der Waals surface area (Å²) in [6.45, 7) is 3.24. The summed E-state index contributed by atoms with van der Waals surface area (Å²) in [6.07, 6.45) is 4.98. The summed E-state index contributed by atoms with van der Waals surface area (Å²) in [5.41, 5.74) is 2.64. The molecule has 0 saturated heterocycles. The second-order valence-electron chi connectivity index (χ2n) is 7.61. The Bertz CT molecular complexity index is 1070. The average Bonchev–Trinajstić information content (AvgIpc) is 3.36. The van der Waals surface area contributed by atoms with Crippen molar-refractivity contribution in [3.63, 3.8) is 0 Å². The molecule has 8 nitrogen and oxygen atoms in total. The molecular formula is C22H26N6O2. The number of nitrogens with zero attached hydrogens (tertiary/aromatic N) is 5. The van der Waals surface area contributed by atoms with Crippen LogP contribution in [0.3, 0.4) is 0 Å². The molecule has 0 radical (unpaired) electrons. The summed E-state index contributed by atoms with van der Waals surface area (Å²) < 4.78 is 3.61. The molecule has 1 aliphatic heterocycles. The number of hydrogen-bond acceptors (Lipinski definition) is 4. The zero-order valence-electron chi connectivity index (χ0n) is 17.5. The largest absolute Gasteiger partial charge is 0.347 e. The number of imidazole rings is 1. The molecule has 1 aliphatic rings. The number of aromatic nitrogens is 4. The van der Waals surface area contributed by atoms with E-state index in [-0.39, 0.29) is 17.9 Å². The number of nitrogens with one attached hydrogen (secondary N) is 1. The lowest BCUT2D eigenvalue weighted by Gasteiger charge is -2.24. The van der Waals surface area contributed by atoms with Crippen LogP contribution in [0.5, 0.6) is 0 Å². The van der Waals surface area contributed by atoms with Crippen LogP contribution >= 0.6 is 0 Å². The van der Waals surface area contributed by atoms with Crippen LogP contribution in [0.2, 0.25) is 0 Å². The maximum absolute atomic E-state index is 13.0. The third-order valence-electron chi connectivity index (χ3n) is 5.62. The minimum atomic E-state index is -0.281. The van der Waals surface area contributed by atoms with Gasteiger partial charge in [0.15, 0.2) is 0 Å². The maximum Gasteiger partial charge on any atom is 0.270 e. The van der Waals surface area contributed by atoms with Gasteiger partial charge in [-0.1, -0.05) is 30.3 Å². The van der Waals surface area contributed by atoms with Crippen LogP contribution in [0.25, 0.3) is 11.3 Å². The van der Waals surface area contributed by atoms with Gasteiger partial charge in [-0.15, -0.1) is 0 Å². The quantitative estimate of drug-likeness (QED) is 0.703. The molecular weight excluding hydrogens is 380 g/mol. The van der Waals surface area contributed by atoms with Crippen LogP contribution in [0, 0.1) is 0 Å². The molecule has 2 amide bonds. The van der Waals surface area contributed by atoms with E-state index < -0.39 is 0 Å². The third-order valence-corrected chi connectivity index (χ3v) is 5.62. The van der Waals surface area contributed by atoms with Gasteiger partial charge in [0.2, 0.25) is 0 Å². The first-order chi connectivity index (χ1) is 14.5. The molecule has 0 fully saturated rings. The van der Waals surface area contributed by atoms with E-state index in [0.717, 1.165) is 30.0 Å². The van der Waals surface area contributed by atoms with Crippen LogP contribution in [0.1, 0.15) is 40.0 Å². The van der Waals surface area contributed by atoms with Crippen molar-refractivity contribution in [3.8, 4) is 11.3 Å². The van der Waals surface area contributed by atoms with E-state index in [2.05, 4.69) is 21.2 Å². The molecule has 0 unspecified atom stereocenters. The fraction of sp³-hybridized carbons (Fsp3) is 0.364. The smallest absolute Gasteiger partial charge is 0.270 e. The zero-order chi connectivity index (χ0) is 21.3. The van der Waals surface area contributed by atoms with Gasteiger partial charge in [0.05, 0.1) is 17.5 Å². The topological polar surface area (TPSA) is 85.0 Å². The third kappa shape index (κ3) is 3.72. The van der Waals surface area contributed by atoms with E-state index in [1.807, 2.05) is 37.3 Å². The SMILES string of the molecule is CCN(C)C(=O)c1cnn(C)c1C(=O)N[C@@H]1CCn2cc(-c3ccccc3)nc2C1. The molecule has 1 N–H and O–H groups in total. The Kier molecular flexibility index (Phi) is 5.39. The lowest BCUT2D eigenvalue weighted by Crippen LogP contribution is -2.41. The summed E-state index contributed by atoms with van der Waals surface area (Å²) in [5.74, 6) is 0.469. The first-order valence-electron chi connectivity index (χ1n) is 10.2. The zero-order valence-corrected chi connectivity index (χ0v) is 17.5. The molecule has 3 heterocycles. The number of benzene rings is 1. The molecule has 8 heteroatoms. The second-order valence-corrected chi connectivity index (χ2v) is 7.61. The number of carbonyl (C=O) groups excluding carboxylic acids is 2. The van der Waals surface area contributed by atoms with Crippen molar-refractivity contribution in [3.05, 3.63) is 59.8 Å². The highest BCUT2D eigenvalue weighted by Gasteiger charge is 2.28. The van der Waals surface area contributed by atoms with Crippen LogP contribution < -0.4 is 5.32 Å². The van der Waals surface area contributed by atoms with Gasteiger partial charge in [-0.05, 0) is 13.3 Å². The highest BCUT2D eigenvalue weighted by Crippen LogP contribution is 2.23. The van der Waals surface area contributed by atoms with Crippen molar-refractivity contribution < 1.29 is 9.59 Å². The van der Waals surface area contributed by atoms with E-state index in [9.17, 15) is 9.59 Å². The van der Waals surface area contributed by atoms with Crippen molar-refractivity contribution in [2.75, 3.05) is 13.6 Å². The van der Waals surface area contributed by atoms with Crippen LogP contribution in [-0.4, -0.2) is 55.7 Å². The van der Waals surface area contributed by atoms with Crippen LogP contribution in [-0.2, 0) is 20.0 Å². The Labute approximate surface area is 175 Å². The van der Waals surface area contributed by atoms with Crippen LogP contribution in [0.15, 0.2) is 42.7 Å². The molecule has 1 aromatic carbocycles. The molecule has 0 bridgehead atoms. The molecule has 1 atom stereocenters. The van der Waals surface area contributed by atoms with Gasteiger partial charge in [0, 0.05) is 51.4 Å². The number of rotatable bonds is 5. The molecule has 30 heavy (non-hydrogen) atoms. The summed E-state index contributed by atoms with van der Waals surface area (Å²) in [5, 5.41) is 7.21. The Morgan fingerprint density at radius 2 is 2.03 bits per heavy atom. The van der Waals surface area contributed by atoms with Gasteiger partial charge in [0.25, 0.3) is 11.8 Å². The first-order valence-corrected chi connectivity index (χ1v) is 10.2. The summed E-state index contributed by atoms with van der Waals surface area (Å²) in [7, 11) is 3.39. The van der Waals surface area contributed by atoms with Gasteiger partial charge in [0.1, 0.15) is 11.5 Å². The number of aryl methyl sites for hydroxylation is 2. The Hall–Kier alpha value is -3.42. The molecule has 156 valence electrons. The summed E-state index contributed by atoms with van der Waals surface area (Å²) in [4.78, 5) is 31.9. The molecule has 0 saturated carbocycles. The van der Waals surface area contributed by atoms with Crippen molar-refractivity contribution in [2.24, 2.45) is 7.05 Å². The Morgan fingerprint density at radius 1 is 1.27 bits per heavy atom. The van der Waals surface area contributed by atoms with E-state index in [0.29, 0.717) is 24.2 Å². The van der Waals surface area contributed by atoms with Gasteiger partial charge in [-0.2, -0.15) is 5.10 Å². The van der Waals surface area contributed by atoms with E-state index in [4.69, 9.17) is 4.98 Å². The lowest BCUT2D eigenvalue weighted by molar-refractivity contribution is 0.0791. The van der Waals surface area contributed by atoms with Crippen molar-refractivity contribution in [1.29, 1.82) is 0 Å². The predicted octanol–water partition coefficient (Wildman–Crippen LogP) is 2.12. The van der Waals surface area contributed by atoms with Crippen LogP contribution in [0.4, 0.5) is 0 Å². The molecule has 0 aliphatic carbocycles. The predicted molar refractivity (Wildman–Crippen MR) is 113 cm³/mol. The monoisotopic (exact) mass is 406 g/mol. The minimum absolute atomic E-state index is 0.0437. The van der Waals surface area contributed by atoms with Gasteiger partial charge in [-0.3, -0.25) is 14.3 Å². The van der Waals surface area contributed by atoms with Gasteiger partial charge < -0.3 is 14.8 Å². The normalized spacial score (nSPS) is 15.5. The van der Waals surface area contributed by atoms with Crippen molar-refractivity contribution >= 4 is 11.8 Å². The minimum Gasteiger partial charge on any atom is -0.347 e. The molecule has 2 aromatic heterocycles. The fourth-order valence-electron chi connectivity index (χ4n) is 3.77. The van der Waals surface area contributed by atoms with Crippen molar-refractivity contribution in [1.82, 2.24) is 29.5 Å². The summed E-state index contributed by atoms with van der Waals surface area (Å²) >= 11 is 0. The highest BCUT2D eigenvalue weighted by atomic mass is 16.2. The maximum atomic E-state index is 13.0. The average molecular weight is 406 g/mol. The van der Waals surface area contributed by atoms with E-state index in [1.165, 1.54) is 10.9 Å². The van der Waals surface area contributed by atoms with Gasteiger partial charge >= 0.3 is 0 Å². The van der Waals surface area contributed by atoms with E-state index in [1.54, 1.807) is 19.0 Å². The number of fused-ring (bicyclic) bond motifs is 1. The molecule has 4 rings (SSSR count). The number of amides is 2. The van der Waals surface area contributed by atoms with Crippen molar-refractivity contribution in [2.45, 2.75) is 32.4 Å². The summed E-state index contributed by atoms with van der Waals surface area (Å²) in [6, 6.07) is 10.0. The first kappa shape index (κ1) is 19.9. The number of hydrogen-bond donors (Lipinski definition) is 1. The molecule has 3 aromatic rings. The fourth-order valence-corrected chi connectivity index (χ4v) is 3.77. The second kappa shape index (κ2) is 8.14. The molecule has 0 spiro atoms. The van der Waals surface area contributed by atoms with Gasteiger partial charge in [-0.25, -0.2) is 4.98 Å². The highest BCUT2D eigenvalue weighted by molar-refractivity contribution is 6.06. The Morgan fingerprint density at radius 3 is 2.77 bits per heavy atom.